The molecule has 1 unspecified atom stereocenters. The standard InChI is InChI=1S/C19H16N3O6S/c1-2-15(16(24)20-11-8-9-14(23)13(10-11)18(25)26)29-17-19(27)28-21-22(17)12-6-4-3-5-7-12/h3-10,15H,2H2,1H3,(H2,25,26,27)/q-1/p+1. The van der Waals surface area contributed by atoms with Crippen molar-refractivity contribution in [1.82, 2.24) is 5.27 Å². The summed E-state index contributed by atoms with van der Waals surface area (Å²) in [4.78, 5) is 23.8. The fourth-order valence-corrected chi connectivity index (χ4v) is 3.51. The van der Waals surface area contributed by atoms with Crippen LogP contribution in [0.4, 0.5) is 5.69 Å². The predicted octanol–water partition coefficient (Wildman–Crippen LogP) is 1.94. The molecule has 1 aromatic heterocycles. The number of aromatic carboxylic acids is 1. The third-order valence-electron chi connectivity index (χ3n) is 3.98. The smallest absolute Gasteiger partial charge is 0.339 e. The molecule has 0 saturated heterocycles. The molecule has 29 heavy (non-hydrogen) atoms. The van der Waals surface area contributed by atoms with Crippen molar-refractivity contribution < 1.29 is 34.1 Å². The predicted molar refractivity (Wildman–Crippen MR) is 101 cm³/mol. The Hall–Kier alpha value is -3.53. The second-order valence-electron chi connectivity index (χ2n) is 5.95. The Balaban J connectivity index is 1.81. The van der Waals surface area contributed by atoms with Gasteiger partial charge in [0.25, 0.3) is 5.03 Å². The molecule has 0 radical (unpaired) electrons. The first-order valence-electron chi connectivity index (χ1n) is 8.59. The summed E-state index contributed by atoms with van der Waals surface area (Å²) in [6.45, 7) is 1.78. The number of hydrogen-bond donors (Lipinski definition) is 3. The minimum absolute atomic E-state index is 0.148. The molecule has 2 aromatic carbocycles. The molecule has 0 aliphatic carbocycles. The molecule has 1 atom stereocenters. The normalized spacial score (nSPS) is 11.8. The molecular formula is C19H17N3O6S. The first-order chi connectivity index (χ1) is 13.9. The number of carbonyl (C=O) groups excluding carboxylic acids is 1. The summed E-state index contributed by atoms with van der Waals surface area (Å²) < 4.78 is 6.09. The fraction of sp³-hybridized carbons (Fsp3) is 0.158. The number of amides is 1. The zero-order chi connectivity index (χ0) is 21.0. The van der Waals surface area contributed by atoms with Crippen LogP contribution in [0.15, 0.2) is 58.1 Å². The molecule has 0 saturated carbocycles. The van der Waals surface area contributed by atoms with Gasteiger partial charge in [0.2, 0.25) is 11.6 Å². The van der Waals surface area contributed by atoms with Gasteiger partial charge in [-0.2, -0.15) is 0 Å². The summed E-state index contributed by atoms with van der Waals surface area (Å²) in [7, 11) is 0. The summed E-state index contributed by atoms with van der Waals surface area (Å²) in [6.07, 6.45) is 0.389. The van der Waals surface area contributed by atoms with E-state index < -0.39 is 28.8 Å². The number of thioether (sulfide) groups is 1. The van der Waals surface area contributed by atoms with Crippen molar-refractivity contribution >= 4 is 29.3 Å². The van der Waals surface area contributed by atoms with E-state index in [4.69, 9.17) is 9.63 Å². The van der Waals surface area contributed by atoms with Gasteiger partial charge in [-0.1, -0.05) is 25.1 Å². The van der Waals surface area contributed by atoms with E-state index in [0.717, 1.165) is 17.8 Å². The Bertz CT molecular complexity index is 1040. The van der Waals surface area contributed by atoms with Crippen LogP contribution in [0, 0.1) is 0 Å². The Morgan fingerprint density at radius 2 is 2.00 bits per heavy atom. The van der Waals surface area contributed by atoms with Gasteiger partial charge in [-0.15, -0.1) is 0 Å². The number of phenols is 1. The summed E-state index contributed by atoms with van der Waals surface area (Å²) in [5.41, 5.74) is 0.500. The van der Waals surface area contributed by atoms with Gasteiger partial charge in [0.05, 0.1) is 10.5 Å². The molecule has 0 fully saturated rings. The number of para-hydroxylation sites is 1. The van der Waals surface area contributed by atoms with Gasteiger partial charge in [0, 0.05) is 17.8 Å². The second kappa shape index (κ2) is 8.65. The lowest BCUT2D eigenvalue weighted by Gasteiger charge is -2.13. The van der Waals surface area contributed by atoms with E-state index in [1.165, 1.54) is 16.8 Å². The van der Waals surface area contributed by atoms with E-state index in [2.05, 4.69) is 10.6 Å². The average molecular weight is 415 g/mol. The lowest BCUT2D eigenvalue weighted by atomic mass is 10.1. The number of hydrogen-bond acceptors (Lipinski definition) is 7. The number of aromatic nitrogens is 2. The van der Waals surface area contributed by atoms with E-state index in [-0.39, 0.29) is 16.3 Å². The van der Waals surface area contributed by atoms with Crippen molar-refractivity contribution in [3.05, 3.63) is 54.1 Å². The van der Waals surface area contributed by atoms with E-state index >= 15 is 0 Å². The minimum atomic E-state index is -1.32. The number of anilines is 1. The highest BCUT2D eigenvalue weighted by Crippen LogP contribution is 2.30. The highest BCUT2D eigenvalue weighted by molar-refractivity contribution is 8.00. The molecule has 150 valence electrons. The number of carbonyl (C=O) groups is 2. The van der Waals surface area contributed by atoms with E-state index in [9.17, 15) is 19.8 Å². The number of rotatable bonds is 7. The lowest BCUT2D eigenvalue weighted by molar-refractivity contribution is -0.705. The quantitative estimate of drug-likeness (QED) is 0.302. The maximum Gasteiger partial charge on any atom is 0.339 e. The summed E-state index contributed by atoms with van der Waals surface area (Å²) >= 11 is 1.00. The summed E-state index contributed by atoms with van der Waals surface area (Å²) in [5, 5.41) is 36.6. The third-order valence-corrected chi connectivity index (χ3v) is 5.38. The molecule has 10 heteroatoms. The van der Waals surface area contributed by atoms with Crippen LogP contribution in [-0.2, 0) is 4.79 Å². The van der Waals surface area contributed by atoms with E-state index in [0.29, 0.717) is 12.1 Å². The average Bonchev–Trinajstić information content (AvgIpc) is 3.08. The van der Waals surface area contributed by atoms with Crippen molar-refractivity contribution in [3.8, 4) is 17.4 Å². The van der Waals surface area contributed by atoms with Crippen LogP contribution < -0.4 is 15.1 Å². The minimum Gasteiger partial charge on any atom is -0.538 e. The second-order valence-corrected chi connectivity index (χ2v) is 7.15. The topological polar surface area (TPSA) is 140 Å². The van der Waals surface area contributed by atoms with Crippen molar-refractivity contribution in [3.63, 3.8) is 0 Å². The zero-order valence-electron chi connectivity index (χ0n) is 15.2. The van der Waals surface area contributed by atoms with Gasteiger partial charge in [-0.05, 0) is 41.1 Å². The third kappa shape index (κ3) is 4.49. The van der Waals surface area contributed by atoms with Crippen molar-refractivity contribution in [2.75, 3.05) is 5.32 Å². The largest absolute Gasteiger partial charge is 0.538 e. The number of nitrogens with one attached hydrogen (secondary N) is 1. The van der Waals surface area contributed by atoms with Gasteiger partial charge in [-0.3, -0.25) is 4.79 Å². The van der Waals surface area contributed by atoms with Crippen molar-refractivity contribution in [2.24, 2.45) is 0 Å². The van der Waals surface area contributed by atoms with E-state index in [1.54, 1.807) is 31.2 Å². The van der Waals surface area contributed by atoms with Crippen LogP contribution >= 0.6 is 11.8 Å². The highest BCUT2D eigenvalue weighted by atomic mass is 32.2. The number of carboxylic acid groups (broad SMARTS) is 1. The van der Waals surface area contributed by atoms with Gasteiger partial charge in [0.1, 0.15) is 11.3 Å². The molecule has 3 rings (SSSR count). The summed E-state index contributed by atoms with van der Waals surface area (Å²) in [5.74, 6) is -2.81. The molecule has 3 N–H and O–H groups in total. The van der Waals surface area contributed by atoms with Crippen LogP contribution in [0.25, 0.3) is 5.69 Å². The Morgan fingerprint density at radius 3 is 2.66 bits per heavy atom. The molecule has 9 nitrogen and oxygen atoms in total. The summed E-state index contributed by atoms with van der Waals surface area (Å²) in [6, 6.07) is 12.6. The molecule has 0 aliphatic rings. The molecule has 0 spiro atoms. The van der Waals surface area contributed by atoms with Crippen molar-refractivity contribution in [2.45, 2.75) is 23.6 Å². The maximum absolute atomic E-state index is 12.7. The van der Waals surface area contributed by atoms with Crippen LogP contribution in [0.3, 0.4) is 0 Å². The monoisotopic (exact) mass is 415 g/mol. The van der Waals surface area contributed by atoms with Gasteiger partial charge in [0.15, 0.2) is 5.95 Å². The SMILES string of the molecule is CCC(Sc1c([O-])on[n+]1-c1ccccc1)C(=O)Nc1ccc(O)c(C(=O)O)c1. The molecule has 3 aromatic rings. The van der Waals surface area contributed by atoms with E-state index in [1.807, 2.05) is 6.07 Å². The Labute approximate surface area is 169 Å². The number of benzene rings is 2. The van der Waals surface area contributed by atoms with Gasteiger partial charge < -0.3 is 25.2 Å². The van der Waals surface area contributed by atoms with Crippen molar-refractivity contribution in [1.29, 1.82) is 0 Å². The highest BCUT2D eigenvalue weighted by Gasteiger charge is 2.28. The zero-order valence-corrected chi connectivity index (χ0v) is 16.0. The molecule has 1 amide bonds. The molecule has 0 bridgehead atoms. The maximum atomic E-state index is 12.7. The molecular weight excluding hydrogens is 398 g/mol. The molecule has 1 heterocycles. The first-order valence-corrected chi connectivity index (χ1v) is 9.47. The van der Waals surface area contributed by atoms with Gasteiger partial charge in [-0.25, -0.2) is 4.79 Å². The van der Waals surface area contributed by atoms with Crippen LogP contribution in [0.1, 0.15) is 23.7 Å². The van der Waals surface area contributed by atoms with Crippen LogP contribution in [-0.4, -0.2) is 32.6 Å². The molecule has 0 aliphatic heterocycles. The number of aromatic hydroxyl groups is 1. The Kier molecular flexibility index (Phi) is 6.03. The van der Waals surface area contributed by atoms with Gasteiger partial charge >= 0.3 is 5.97 Å². The lowest BCUT2D eigenvalue weighted by Crippen LogP contribution is -2.36. The van der Waals surface area contributed by atoms with Crippen LogP contribution in [0.2, 0.25) is 0 Å². The Morgan fingerprint density at radius 1 is 1.28 bits per heavy atom. The fourth-order valence-electron chi connectivity index (χ4n) is 2.54. The number of nitrogens with zero attached hydrogens (tertiary/aromatic N) is 2. The van der Waals surface area contributed by atoms with Crippen LogP contribution in [0.5, 0.6) is 11.7 Å². The number of carboxylic acids is 1. The first kappa shape index (κ1) is 20.2.